The van der Waals surface area contributed by atoms with Crippen molar-refractivity contribution in [3.05, 3.63) is 0 Å². The third kappa shape index (κ3) is 2.61. The van der Waals surface area contributed by atoms with E-state index in [1.165, 1.54) is 0 Å². The number of hydrogen-bond acceptors (Lipinski definition) is 2. The lowest BCUT2D eigenvalue weighted by atomic mass is 9.75. The first-order valence-electron chi connectivity index (χ1n) is 6.41. The van der Waals surface area contributed by atoms with E-state index >= 15 is 0 Å². The summed E-state index contributed by atoms with van der Waals surface area (Å²) >= 11 is 0. The largest absolute Gasteiger partial charge is 0.481 e. The zero-order chi connectivity index (χ0) is 12.6. The molecule has 1 saturated heterocycles. The Morgan fingerprint density at radius 1 is 1.35 bits per heavy atom. The van der Waals surface area contributed by atoms with Crippen molar-refractivity contribution in [2.24, 2.45) is 11.3 Å². The van der Waals surface area contributed by atoms with Gasteiger partial charge < -0.3 is 10.0 Å². The van der Waals surface area contributed by atoms with Crippen LogP contribution in [-0.2, 0) is 9.59 Å². The molecule has 4 heteroatoms. The van der Waals surface area contributed by atoms with E-state index in [1.54, 1.807) is 0 Å². The van der Waals surface area contributed by atoms with Gasteiger partial charge in [0.25, 0.3) is 0 Å². The number of hydrogen-bond donors (Lipinski definition) is 1. The number of likely N-dealkylation sites (tertiary alicyclic amines) is 1. The molecule has 0 aromatic rings. The molecule has 1 saturated carbocycles. The van der Waals surface area contributed by atoms with E-state index < -0.39 is 11.9 Å². The molecule has 2 fully saturated rings. The molecule has 1 atom stereocenters. The molecule has 2 rings (SSSR count). The maximum Gasteiger partial charge on any atom is 0.308 e. The van der Waals surface area contributed by atoms with Crippen LogP contribution in [0.25, 0.3) is 0 Å². The van der Waals surface area contributed by atoms with Crippen molar-refractivity contribution in [3.8, 4) is 0 Å². The molecule has 0 radical (unpaired) electrons. The average Bonchev–Trinajstić information content (AvgIpc) is 2.61. The topological polar surface area (TPSA) is 57.6 Å². The van der Waals surface area contributed by atoms with Crippen molar-refractivity contribution >= 4 is 11.9 Å². The number of carboxylic acids is 1. The maximum atomic E-state index is 11.8. The molecule has 1 aliphatic heterocycles. The zero-order valence-electron chi connectivity index (χ0n) is 10.6. The van der Waals surface area contributed by atoms with Crippen molar-refractivity contribution in [1.29, 1.82) is 0 Å². The Morgan fingerprint density at radius 2 is 1.94 bits per heavy atom. The number of rotatable bonds is 2. The monoisotopic (exact) mass is 239 g/mol. The summed E-state index contributed by atoms with van der Waals surface area (Å²) in [5, 5.41) is 8.95. The molecule has 1 heterocycles. The smallest absolute Gasteiger partial charge is 0.308 e. The Bertz CT molecular complexity index is 328. The summed E-state index contributed by atoms with van der Waals surface area (Å²) in [5.74, 6) is -1.29. The standard InChI is InChI=1S/C13H21NO3/c1-13(2)5-3-10(4-6-13)14-8-9(12(16)17)7-11(14)15/h9-10H,3-8H2,1-2H3,(H,16,17). The summed E-state index contributed by atoms with van der Waals surface area (Å²) in [6, 6.07) is 0.278. The quantitative estimate of drug-likeness (QED) is 0.800. The van der Waals surface area contributed by atoms with Crippen LogP contribution in [-0.4, -0.2) is 34.5 Å². The zero-order valence-corrected chi connectivity index (χ0v) is 10.6. The molecule has 1 aliphatic carbocycles. The first-order valence-corrected chi connectivity index (χ1v) is 6.41. The lowest BCUT2D eigenvalue weighted by molar-refractivity contribution is -0.141. The number of carboxylic acid groups (broad SMARTS) is 1. The second kappa shape index (κ2) is 4.31. The van der Waals surface area contributed by atoms with Crippen LogP contribution in [0, 0.1) is 11.3 Å². The minimum absolute atomic E-state index is 0.0297. The van der Waals surface area contributed by atoms with Crippen LogP contribution in [0.2, 0.25) is 0 Å². The molecule has 4 nitrogen and oxygen atoms in total. The van der Waals surface area contributed by atoms with Gasteiger partial charge in [-0.05, 0) is 31.1 Å². The van der Waals surface area contributed by atoms with Crippen molar-refractivity contribution in [3.63, 3.8) is 0 Å². The molecule has 0 aromatic heterocycles. The van der Waals surface area contributed by atoms with Crippen LogP contribution < -0.4 is 0 Å². The summed E-state index contributed by atoms with van der Waals surface area (Å²) in [7, 11) is 0. The summed E-state index contributed by atoms with van der Waals surface area (Å²) in [6.07, 6.45) is 4.48. The summed E-state index contributed by atoms with van der Waals surface area (Å²) < 4.78 is 0. The van der Waals surface area contributed by atoms with Crippen molar-refractivity contribution in [1.82, 2.24) is 4.90 Å². The summed E-state index contributed by atoms with van der Waals surface area (Å²) in [6.45, 7) is 4.93. The minimum Gasteiger partial charge on any atom is -0.481 e. The molecule has 0 spiro atoms. The summed E-state index contributed by atoms with van der Waals surface area (Å²) in [4.78, 5) is 24.5. The Balaban J connectivity index is 1.96. The summed E-state index contributed by atoms with van der Waals surface area (Å²) in [5.41, 5.74) is 0.380. The van der Waals surface area contributed by atoms with Crippen LogP contribution in [0.3, 0.4) is 0 Å². The van der Waals surface area contributed by atoms with E-state index in [0.29, 0.717) is 12.0 Å². The highest BCUT2D eigenvalue weighted by atomic mass is 16.4. The van der Waals surface area contributed by atoms with Crippen LogP contribution >= 0.6 is 0 Å². The van der Waals surface area contributed by atoms with Crippen LogP contribution in [0.1, 0.15) is 46.0 Å². The molecule has 2 aliphatic rings. The predicted molar refractivity (Wildman–Crippen MR) is 63.5 cm³/mol. The van der Waals surface area contributed by atoms with Gasteiger partial charge in [-0.15, -0.1) is 0 Å². The number of carbonyl (C=O) groups excluding carboxylic acids is 1. The van der Waals surface area contributed by atoms with E-state index in [2.05, 4.69) is 13.8 Å². The molecule has 1 N–H and O–H groups in total. The van der Waals surface area contributed by atoms with Crippen LogP contribution in [0.5, 0.6) is 0 Å². The SMILES string of the molecule is CC1(C)CCC(N2CC(C(=O)O)CC2=O)CC1. The lowest BCUT2D eigenvalue weighted by Gasteiger charge is -2.38. The highest BCUT2D eigenvalue weighted by molar-refractivity contribution is 5.86. The normalized spacial score (nSPS) is 29.6. The molecule has 0 aromatic carbocycles. The van der Waals surface area contributed by atoms with Gasteiger partial charge in [-0.2, -0.15) is 0 Å². The first kappa shape index (κ1) is 12.4. The van der Waals surface area contributed by atoms with Gasteiger partial charge in [0.15, 0.2) is 0 Å². The first-order chi connectivity index (χ1) is 7.89. The van der Waals surface area contributed by atoms with E-state index in [4.69, 9.17) is 5.11 Å². The number of nitrogens with zero attached hydrogens (tertiary/aromatic N) is 1. The Morgan fingerprint density at radius 3 is 2.41 bits per heavy atom. The van der Waals surface area contributed by atoms with Crippen molar-refractivity contribution in [2.75, 3.05) is 6.54 Å². The second-order valence-electron chi connectivity index (χ2n) is 6.18. The number of carbonyl (C=O) groups is 2. The van der Waals surface area contributed by atoms with Gasteiger partial charge >= 0.3 is 5.97 Å². The highest BCUT2D eigenvalue weighted by Crippen LogP contribution is 2.38. The molecule has 1 unspecified atom stereocenters. The molecular formula is C13H21NO3. The number of amides is 1. The molecule has 0 bridgehead atoms. The van der Waals surface area contributed by atoms with Gasteiger partial charge in [0.05, 0.1) is 5.92 Å². The maximum absolute atomic E-state index is 11.8. The third-order valence-corrected chi connectivity index (χ3v) is 4.26. The highest BCUT2D eigenvalue weighted by Gasteiger charge is 2.39. The van der Waals surface area contributed by atoms with Crippen LogP contribution in [0.4, 0.5) is 0 Å². The molecule has 96 valence electrons. The fourth-order valence-corrected chi connectivity index (χ4v) is 2.95. The van der Waals surface area contributed by atoms with Gasteiger partial charge in [0, 0.05) is 19.0 Å². The van der Waals surface area contributed by atoms with Gasteiger partial charge in [-0.25, -0.2) is 0 Å². The second-order valence-corrected chi connectivity index (χ2v) is 6.18. The fourth-order valence-electron chi connectivity index (χ4n) is 2.95. The van der Waals surface area contributed by atoms with Gasteiger partial charge in [0.1, 0.15) is 0 Å². The predicted octanol–water partition coefficient (Wildman–Crippen LogP) is 1.89. The Labute approximate surface area is 102 Å². The van der Waals surface area contributed by atoms with E-state index in [0.717, 1.165) is 25.7 Å². The minimum atomic E-state index is -0.836. The Hall–Kier alpha value is -1.06. The van der Waals surface area contributed by atoms with Crippen molar-refractivity contribution in [2.45, 2.75) is 52.0 Å². The van der Waals surface area contributed by atoms with Gasteiger partial charge in [-0.3, -0.25) is 9.59 Å². The van der Waals surface area contributed by atoms with E-state index in [-0.39, 0.29) is 18.4 Å². The van der Waals surface area contributed by atoms with Crippen LogP contribution in [0.15, 0.2) is 0 Å². The van der Waals surface area contributed by atoms with E-state index in [9.17, 15) is 9.59 Å². The molecule has 17 heavy (non-hydrogen) atoms. The van der Waals surface area contributed by atoms with Crippen molar-refractivity contribution < 1.29 is 14.7 Å². The Kier molecular flexibility index (Phi) is 3.15. The lowest BCUT2D eigenvalue weighted by Crippen LogP contribution is -2.40. The number of aliphatic carboxylic acids is 1. The third-order valence-electron chi connectivity index (χ3n) is 4.26. The molecule has 1 amide bonds. The fraction of sp³-hybridized carbons (Fsp3) is 0.846. The van der Waals surface area contributed by atoms with Gasteiger partial charge in [0.2, 0.25) is 5.91 Å². The molecular weight excluding hydrogens is 218 g/mol. The van der Waals surface area contributed by atoms with Gasteiger partial charge in [-0.1, -0.05) is 13.8 Å². The average molecular weight is 239 g/mol. The van der Waals surface area contributed by atoms with E-state index in [1.807, 2.05) is 4.90 Å².